The van der Waals surface area contributed by atoms with Crippen LogP contribution < -0.4 is 4.74 Å². The Hall–Kier alpha value is -0.740. The van der Waals surface area contributed by atoms with Crippen LogP contribution in [0.25, 0.3) is 0 Å². The summed E-state index contributed by atoms with van der Waals surface area (Å²) in [5, 5.41) is 0. The molecule has 0 aliphatic rings. The third kappa shape index (κ3) is 4.11. The summed E-state index contributed by atoms with van der Waals surface area (Å²) in [6, 6.07) is 16.4. The maximum Gasteiger partial charge on any atom is 0.125 e. The Labute approximate surface area is 133 Å². The largest absolute Gasteiger partial charge is 0.486 e. The molecule has 2 rings (SSSR count). The van der Waals surface area contributed by atoms with E-state index in [1.54, 1.807) is 0 Å². The van der Waals surface area contributed by atoms with Gasteiger partial charge in [-0.1, -0.05) is 30.3 Å². The van der Waals surface area contributed by atoms with Gasteiger partial charge in [0.15, 0.2) is 0 Å². The first-order chi connectivity index (χ1) is 9.20. The van der Waals surface area contributed by atoms with Crippen LogP contribution in [0, 0.1) is 10.5 Å². The molecule has 2 aromatic rings. The quantitative estimate of drug-likeness (QED) is 0.497. The van der Waals surface area contributed by atoms with Crippen molar-refractivity contribution >= 4 is 34.2 Å². The predicted octanol–water partition coefficient (Wildman–Crippen LogP) is 5.35. The van der Waals surface area contributed by atoms with Crippen LogP contribution in [0.3, 0.4) is 0 Å². The van der Waals surface area contributed by atoms with Gasteiger partial charge in [-0.25, -0.2) is 0 Å². The van der Waals surface area contributed by atoms with Gasteiger partial charge >= 0.3 is 0 Å². The van der Waals surface area contributed by atoms with Gasteiger partial charge in [-0.3, -0.25) is 0 Å². The third-order valence-electron chi connectivity index (χ3n) is 2.95. The molecule has 1 atom stereocenters. The summed E-state index contributed by atoms with van der Waals surface area (Å²) in [5.41, 5.74) is 2.40. The first-order valence-corrected chi connectivity index (χ1v) is 7.85. The summed E-state index contributed by atoms with van der Waals surface area (Å²) in [5.74, 6) is 1.49. The number of aryl methyl sites for hydroxylation is 1. The lowest BCUT2D eigenvalue weighted by atomic mass is 10.1. The first kappa shape index (κ1) is 14.7. The van der Waals surface area contributed by atoms with Crippen molar-refractivity contribution in [2.45, 2.75) is 19.4 Å². The Bertz CT molecular complexity index is 528. The second-order valence-electron chi connectivity index (χ2n) is 4.41. The van der Waals surface area contributed by atoms with E-state index in [2.05, 4.69) is 53.8 Å². The lowest BCUT2D eigenvalue weighted by Gasteiger charge is -2.19. The molecule has 0 aliphatic carbocycles. The number of rotatable bonds is 5. The van der Waals surface area contributed by atoms with E-state index in [9.17, 15) is 0 Å². The zero-order chi connectivity index (χ0) is 13.7. The van der Waals surface area contributed by atoms with Crippen LogP contribution in [-0.2, 0) is 0 Å². The van der Waals surface area contributed by atoms with Crippen molar-refractivity contribution in [1.29, 1.82) is 0 Å². The molecule has 100 valence electrons. The summed E-state index contributed by atoms with van der Waals surface area (Å²) in [6.45, 7) is 2.09. The SMILES string of the molecule is Cc1cc(O[C@@H](CCCl)c2ccccc2)ccc1I. The molecule has 0 fully saturated rings. The van der Waals surface area contributed by atoms with Gasteiger partial charge in [0.2, 0.25) is 0 Å². The normalized spacial score (nSPS) is 12.2. The van der Waals surface area contributed by atoms with E-state index < -0.39 is 0 Å². The van der Waals surface area contributed by atoms with Crippen LogP contribution in [0.4, 0.5) is 0 Å². The monoisotopic (exact) mass is 386 g/mol. The van der Waals surface area contributed by atoms with Gasteiger partial charge in [0.1, 0.15) is 11.9 Å². The maximum absolute atomic E-state index is 6.09. The highest BCUT2D eigenvalue weighted by Gasteiger charge is 2.12. The van der Waals surface area contributed by atoms with E-state index >= 15 is 0 Å². The topological polar surface area (TPSA) is 9.23 Å². The molecule has 0 amide bonds. The van der Waals surface area contributed by atoms with Gasteiger partial charge in [-0.15, -0.1) is 11.6 Å². The average molecular weight is 387 g/mol. The molecular weight excluding hydrogens is 371 g/mol. The Morgan fingerprint density at radius 1 is 1.16 bits per heavy atom. The summed E-state index contributed by atoms with van der Waals surface area (Å²) in [6.07, 6.45) is 0.814. The second-order valence-corrected chi connectivity index (χ2v) is 5.95. The van der Waals surface area contributed by atoms with Crippen molar-refractivity contribution in [1.82, 2.24) is 0 Å². The van der Waals surface area contributed by atoms with E-state index in [0.29, 0.717) is 5.88 Å². The summed E-state index contributed by atoms with van der Waals surface area (Å²) >= 11 is 8.21. The standard InChI is InChI=1S/C16H16ClIO/c1-12-11-14(7-8-15(12)18)19-16(9-10-17)13-5-3-2-4-6-13/h2-8,11,16H,9-10H2,1H3/t16-/m0/s1. The first-order valence-electron chi connectivity index (χ1n) is 6.24. The third-order valence-corrected chi connectivity index (χ3v) is 4.38. The van der Waals surface area contributed by atoms with Crippen LogP contribution in [0.2, 0.25) is 0 Å². The molecule has 0 saturated heterocycles. The van der Waals surface area contributed by atoms with Crippen molar-refractivity contribution in [2.75, 3.05) is 5.88 Å². The van der Waals surface area contributed by atoms with Gasteiger partial charge in [0.25, 0.3) is 0 Å². The molecule has 2 aromatic carbocycles. The Kier molecular flexibility index (Phi) is 5.52. The summed E-state index contributed by atoms with van der Waals surface area (Å²) in [7, 11) is 0. The van der Waals surface area contributed by atoms with Gasteiger partial charge in [0, 0.05) is 15.9 Å². The molecule has 0 aliphatic heterocycles. The summed E-state index contributed by atoms with van der Waals surface area (Å²) in [4.78, 5) is 0. The highest BCUT2D eigenvalue weighted by atomic mass is 127. The number of ether oxygens (including phenoxy) is 1. The number of benzene rings is 2. The fourth-order valence-electron chi connectivity index (χ4n) is 1.92. The molecule has 1 nitrogen and oxygen atoms in total. The van der Waals surface area contributed by atoms with Crippen LogP contribution in [0.15, 0.2) is 48.5 Å². The lowest BCUT2D eigenvalue weighted by Crippen LogP contribution is -2.08. The van der Waals surface area contributed by atoms with E-state index in [1.165, 1.54) is 14.7 Å². The average Bonchev–Trinajstić information content (AvgIpc) is 2.43. The molecule has 0 N–H and O–H groups in total. The van der Waals surface area contributed by atoms with Gasteiger partial charge in [0.05, 0.1) is 0 Å². The van der Waals surface area contributed by atoms with Crippen LogP contribution in [0.1, 0.15) is 23.7 Å². The fourth-order valence-corrected chi connectivity index (χ4v) is 2.45. The maximum atomic E-state index is 6.09. The number of halogens is 2. The molecule has 0 spiro atoms. The van der Waals surface area contributed by atoms with E-state index in [-0.39, 0.29) is 6.10 Å². The molecule has 0 heterocycles. The summed E-state index contributed by atoms with van der Waals surface area (Å²) < 4.78 is 7.34. The zero-order valence-electron chi connectivity index (χ0n) is 10.8. The van der Waals surface area contributed by atoms with Crippen molar-refractivity contribution < 1.29 is 4.74 Å². The van der Waals surface area contributed by atoms with E-state index in [1.807, 2.05) is 24.3 Å². The molecule has 0 unspecified atom stereocenters. The second kappa shape index (κ2) is 7.15. The van der Waals surface area contributed by atoms with Crippen LogP contribution >= 0.6 is 34.2 Å². The Balaban J connectivity index is 2.19. The number of hydrogen-bond acceptors (Lipinski definition) is 1. The number of hydrogen-bond donors (Lipinski definition) is 0. The molecular formula is C16H16ClIO. The van der Waals surface area contributed by atoms with Crippen LogP contribution in [0.5, 0.6) is 5.75 Å². The van der Waals surface area contributed by atoms with Gasteiger partial charge in [-0.2, -0.15) is 0 Å². The minimum Gasteiger partial charge on any atom is -0.486 e. The predicted molar refractivity (Wildman–Crippen MR) is 89.0 cm³/mol. The Morgan fingerprint density at radius 3 is 2.53 bits per heavy atom. The van der Waals surface area contributed by atoms with Gasteiger partial charge in [-0.05, 0) is 58.8 Å². The molecule has 0 saturated carbocycles. The van der Waals surface area contributed by atoms with Crippen molar-refractivity contribution in [3.8, 4) is 5.75 Å². The van der Waals surface area contributed by atoms with E-state index in [4.69, 9.17) is 16.3 Å². The fraction of sp³-hybridized carbons (Fsp3) is 0.250. The van der Waals surface area contributed by atoms with Crippen molar-refractivity contribution in [3.63, 3.8) is 0 Å². The highest BCUT2D eigenvalue weighted by molar-refractivity contribution is 14.1. The molecule has 19 heavy (non-hydrogen) atoms. The zero-order valence-corrected chi connectivity index (χ0v) is 13.7. The smallest absolute Gasteiger partial charge is 0.125 e. The minimum absolute atomic E-state index is 0.0122. The highest BCUT2D eigenvalue weighted by Crippen LogP contribution is 2.27. The number of alkyl halides is 1. The lowest BCUT2D eigenvalue weighted by molar-refractivity contribution is 0.202. The minimum atomic E-state index is 0.0122. The Morgan fingerprint density at radius 2 is 1.89 bits per heavy atom. The molecule has 0 bridgehead atoms. The van der Waals surface area contributed by atoms with E-state index in [0.717, 1.165) is 12.2 Å². The molecule has 0 radical (unpaired) electrons. The molecule has 3 heteroatoms. The molecule has 0 aromatic heterocycles. The van der Waals surface area contributed by atoms with Crippen LogP contribution in [-0.4, -0.2) is 5.88 Å². The van der Waals surface area contributed by atoms with Gasteiger partial charge < -0.3 is 4.74 Å². The van der Waals surface area contributed by atoms with Crippen molar-refractivity contribution in [3.05, 3.63) is 63.2 Å². The van der Waals surface area contributed by atoms with Crippen molar-refractivity contribution in [2.24, 2.45) is 0 Å².